The Labute approximate surface area is 145 Å². The van der Waals surface area contributed by atoms with Crippen LogP contribution in [0.25, 0.3) is 0 Å². The topological polar surface area (TPSA) is 79.3 Å². The Kier molecular flexibility index (Phi) is 5.72. The minimum absolute atomic E-state index is 0.0622. The van der Waals surface area contributed by atoms with Gasteiger partial charge in [-0.3, -0.25) is 4.79 Å². The molecule has 1 aromatic heterocycles. The molecule has 6 heteroatoms. The Bertz CT molecular complexity index is 737. The van der Waals surface area contributed by atoms with Gasteiger partial charge in [0.25, 0.3) is 0 Å². The number of carbonyl (C=O) groups is 2. The van der Waals surface area contributed by atoms with Crippen molar-refractivity contribution in [1.29, 1.82) is 0 Å². The van der Waals surface area contributed by atoms with E-state index in [0.717, 1.165) is 16.9 Å². The van der Waals surface area contributed by atoms with Crippen molar-refractivity contribution in [2.75, 3.05) is 0 Å². The summed E-state index contributed by atoms with van der Waals surface area (Å²) in [5.74, 6) is -1.22. The van der Waals surface area contributed by atoms with Gasteiger partial charge in [0.2, 0.25) is 5.91 Å². The van der Waals surface area contributed by atoms with Gasteiger partial charge < -0.3 is 10.4 Å². The third-order valence-electron chi connectivity index (χ3n) is 3.85. The minimum atomic E-state index is -0.984. The van der Waals surface area contributed by atoms with E-state index in [1.807, 2.05) is 45.0 Å². The van der Waals surface area contributed by atoms with Crippen molar-refractivity contribution in [3.8, 4) is 0 Å². The molecule has 2 aromatic rings. The lowest BCUT2D eigenvalue weighted by Gasteiger charge is -2.16. The highest BCUT2D eigenvalue weighted by Gasteiger charge is 2.21. The Morgan fingerprint density at radius 3 is 2.38 bits per heavy atom. The van der Waals surface area contributed by atoms with E-state index in [0.29, 0.717) is 17.1 Å². The summed E-state index contributed by atoms with van der Waals surface area (Å²) < 4.78 is 0. The van der Waals surface area contributed by atoms with Crippen molar-refractivity contribution in [2.45, 2.75) is 40.2 Å². The van der Waals surface area contributed by atoms with E-state index < -0.39 is 5.97 Å². The molecule has 0 spiro atoms. The molecule has 0 aliphatic carbocycles. The van der Waals surface area contributed by atoms with Crippen LogP contribution in [0.3, 0.4) is 0 Å². The maximum atomic E-state index is 12.4. The number of benzene rings is 1. The fraction of sp³-hybridized carbons (Fsp3) is 0.389. The quantitative estimate of drug-likeness (QED) is 0.839. The van der Waals surface area contributed by atoms with Gasteiger partial charge in [-0.25, -0.2) is 9.78 Å². The number of hydrogen-bond donors (Lipinski definition) is 2. The molecule has 128 valence electrons. The lowest BCUT2D eigenvalue weighted by molar-refractivity contribution is -0.125. The molecule has 0 fully saturated rings. The lowest BCUT2D eigenvalue weighted by Crippen LogP contribution is -2.32. The normalized spacial score (nSPS) is 13.3. The van der Waals surface area contributed by atoms with Crippen LogP contribution in [-0.4, -0.2) is 22.0 Å². The monoisotopic (exact) mass is 346 g/mol. The van der Waals surface area contributed by atoms with Crippen molar-refractivity contribution < 1.29 is 14.7 Å². The number of hydrogen-bond acceptors (Lipinski definition) is 4. The zero-order chi connectivity index (χ0) is 17.9. The molecular weight excluding hydrogens is 324 g/mol. The molecule has 0 aliphatic heterocycles. The van der Waals surface area contributed by atoms with Crippen LogP contribution in [0.5, 0.6) is 0 Å². The first-order chi connectivity index (χ1) is 11.3. The minimum Gasteiger partial charge on any atom is -0.477 e. The second-order valence-corrected chi connectivity index (χ2v) is 7.12. The maximum Gasteiger partial charge on any atom is 0.347 e. The smallest absolute Gasteiger partial charge is 0.347 e. The summed E-state index contributed by atoms with van der Waals surface area (Å²) in [6.07, 6.45) is 0.663. The van der Waals surface area contributed by atoms with Crippen LogP contribution < -0.4 is 5.32 Å². The summed E-state index contributed by atoms with van der Waals surface area (Å²) in [5, 5.41) is 12.6. The molecular formula is C18H22N2O3S. The predicted octanol–water partition coefficient (Wildman–Crippen LogP) is 3.51. The summed E-state index contributed by atoms with van der Waals surface area (Å²) in [7, 11) is 0. The van der Waals surface area contributed by atoms with Crippen molar-refractivity contribution >= 4 is 23.2 Å². The molecule has 24 heavy (non-hydrogen) atoms. The second-order valence-electron chi connectivity index (χ2n) is 6.09. The lowest BCUT2D eigenvalue weighted by atomic mass is 9.99. The van der Waals surface area contributed by atoms with E-state index in [9.17, 15) is 9.59 Å². The van der Waals surface area contributed by atoms with Gasteiger partial charge in [0.05, 0.1) is 11.7 Å². The van der Waals surface area contributed by atoms with Crippen LogP contribution in [-0.2, 0) is 11.2 Å². The van der Waals surface area contributed by atoms with Crippen LogP contribution in [0.2, 0.25) is 0 Å². The molecule has 2 atom stereocenters. The number of rotatable bonds is 6. The Balaban J connectivity index is 1.98. The van der Waals surface area contributed by atoms with Crippen LogP contribution in [0.15, 0.2) is 24.3 Å². The number of aromatic carboxylic acids is 1. The van der Waals surface area contributed by atoms with Gasteiger partial charge in [-0.2, -0.15) is 0 Å². The molecule has 0 saturated heterocycles. The molecule has 1 heterocycles. The summed E-state index contributed by atoms with van der Waals surface area (Å²) in [6.45, 7) is 7.40. The third kappa shape index (κ3) is 4.41. The fourth-order valence-corrected chi connectivity index (χ4v) is 3.30. The van der Waals surface area contributed by atoms with Crippen molar-refractivity contribution in [1.82, 2.24) is 10.3 Å². The summed E-state index contributed by atoms with van der Waals surface area (Å²) in [5.41, 5.74) is 2.79. The van der Waals surface area contributed by atoms with Gasteiger partial charge in [0.15, 0.2) is 0 Å². The SMILES string of the molecule is Cc1ccc(CC(C)C(=O)NC(C)c2nc(C)c(C(=O)O)s2)cc1. The summed E-state index contributed by atoms with van der Waals surface area (Å²) in [6, 6.07) is 7.83. The molecule has 1 amide bonds. The number of nitrogens with one attached hydrogen (secondary N) is 1. The van der Waals surface area contributed by atoms with Gasteiger partial charge >= 0.3 is 5.97 Å². The highest BCUT2D eigenvalue weighted by Crippen LogP contribution is 2.24. The Hall–Kier alpha value is -2.21. The van der Waals surface area contributed by atoms with E-state index in [4.69, 9.17) is 5.11 Å². The second kappa shape index (κ2) is 7.57. The van der Waals surface area contributed by atoms with Crippen LogP contribution in [0.1, 0.15) is 51.4 Å². The van der Waals surface area contributed by atoms with Gasteiger partial charge in [-0.05, 0) is 32.8 Å². The number of amides is 1. The van der Waals surface area contributed by atoms with Crippen LogP contribution in [0.4, 0.5) is 0 Å². The van der Waals surface area contributed by atoms with Gasteiger partial charge in [-0.15, -0.1) is 11.3 Å². The Morgan fingerprint density at radius 2 is 1.83 bits per heavy atom. The number of aromatic nitrogens is 1. The molecule has 0 aliphatic rings. The number of carboxylic acid groups (broad SMARTS) is 1. The van der Waals surface area contributed by atoms with E-state index in [-0.39, 0.29) is 22.7 Å². The molecule has 2 unspecified atom stereocenters. The first-order valence-electron chi connectivity index (χ1n) is 7.84. The van der Waals surface area contributed by atoms with Crippen molar-refractivity contribution in [3.05, 3.63) is 51.0 Å². The molecule has 0 radical (unpaired) electrons. The average molecular weight is 346 g/mol. The van der Waals surface area contributed by atoms with Crippen LogP contribution in [0, 0.1) is 19.8 Å². The van der Waals surface area contributed by atoms with E-state index in [1.165, 1.54) is 5.56 Å². The van der Waals surface area contributed by atoms with E-state index in [1.54, 1.807) is 6.92 Å². The number of thiazole rings is 1. The highest BCUT2D eigenvalue weighted by atomic mass is 32.1. The molecule has 2 rings (SSSR count). The summed E-state index contributed by atoms with van der Waals surface area (Å²) in [4.78, 5) is 28.0. The standard InChI is InChI=1S/C18H22N2O3S/c1-10-5-7-14(8-6-10)9-11(2)16(21)19-13(4)17-20-12(3)15(24-17)18(22)23/h5-8,11,13H,9H2,1-4H3,(H,19,21)(H,22,23). The van der Waals surface area contributed by atoms with Gasteiger partial charge in [0, 0.05) is 5.92 Å². The maximum absolute atomic E-state index is 12.4. The first-order valence-corrected chi connectivity index (χ1v) is 8.66. The number of nitrogens with zero attached hydrogens (tertiary/aromatic N) is 1. The van der Waals surface area contributed by atoms with Gasteiger partial charge in [-0.1, -0.05) is 36.8 Å². The predicted molar refractivity (Wildman–Crippen MR) is 94.4 cm³/mol. The first kappa shape index (κ1) is 18.1. The highest BCUT2D eigenvalue weighted by molar-refractivity contribution is 7.13. The molecule has 1 aromatic carbocycles. The molecule has 0 bridgehead atoms. The zero-order valence-corrected chi connectivity index (χ0v) is 15.1. The number of aryl methyl sites for hydroxylation is 2. The van der Waals surface area contributed by atoms with Crippen LogP contribution >= 0.6 is 11.3 Å². The van der Waals surface area contributed by atoms with Crippen molar-refractivity contribution in [3.63, 3.8) is 0 Å². The van der Waals surface area contributed by atoms with Gasteiger partial charge in [0.1, 0.15) is 9.88 Å². The molecule has 2 N–H and O–H groups in total. The van der Waals surface area contributed by atoms with Crippen molar-refractivity contribution in [2.24, 2.45) is 5.92 Å². The largest absolute Gasteiger partial charge is 0.477 e. The zero-order valence-electron chi connectivity index (χ0n) is 14.3. The summed E-state index contributed by atoms with van der Waals surface area (Å²) >= 11 is 1.11. The molecule has 5 nitrogen and oxygen atoms in total. The van der Waals surface area contributed by atoms with E-state index in [2.05, 4.69) is 10.3 Å². The van der Waals surface area contributed by atoms with E-state index >= 15 is 0 Å². The Morgan fingerprint density at radius 1 is 1.21 bits per heavy atom. The number of carbonyl (C=O) groups excluding carboxylic acids is 1. The fourth-order valence-electron chi connectivity index (χ4n) is 2.39. The number of carboxylic acids is 1. The molecule has 0 saturated carbocycles. The third-order valence-corrected chi connectivity index (χ3v) is 5.17. The average Bonchev–Trinajstić information content (AvgIpc) is 2.91.